The van der Waals surface area contributed by atoms with Crippen LogP contribution in [-0.4, -0.2) is 49.5 Å². The molecular weight excluding hydrogens is 444 g/mol. The predicted molar refractivity (Wildman–Crippen MR) is 132 cm³/mol. The number of benzene rings is 3. The number of rotatable bonds is 12. The monoisotopic (exact) mass is 478 g/mol. The van der Waals surface area contributed by atoms with Crippen molar-refractivity contribution in [3.05, 3.63) is 108 Å². The summed E-state index contributed by atoms with van der Waals surface area (Å²) in [5.74, 6) is 0. The van der Waals surface area contributed by atoms with Gasteiger partial charge >= 0.3 is 0 Å². The van der Waals surface area contributed by atoms with Crippen molar-refractivity contribution in [1.29, 1.82) is 0 Å². The molecule has 6 heteroatoms. The van der Waals surface area contributed by atoms with E-state index in [2.05, 4.69) is 0 Å². The molecule has 186 valence electrons. The fraction of sp³-hybridized carbons (Fsp3) is 0.379. The highest BCUT2D eigenvalue weighted by atomic mass is 16.7. The molecule has 3 aromatic carbocycles. The van der Waals surface area contributed by atoms with Gasteiger partial charge in [0.15, 0.2) is 6.29 Å². The Morgan fingerprint density at radius 1 is 0.629 bits per heavy atom. The molecule has 0 saturated carbocycles. The number of ether oxygens (including phenoxy) is 5. The summed E-state index contributed by atoms with van der Waals surface area (Å²) in [6.45, 7) is 1.14. The highest BCUT2D eigenvalue weighted by Crippen LogP contribution is 2.32. The normalized spacial score (nSPS) is 24.3. The summed E-state index contributed by atoms with van der Waals surface area (Å²) in [4.78, 5) is 0. The second kappa shape index (κ2) is 13.5. The molecule has 0 bridgehead atoms. The summed E-state index contributed by atoms with van der Waals surface area (Å²) in [5, 5.41) is 9.74. The van der Waals surface area contributed by atoms with Gasteiger partial charge in [0.1, 0.15) is 18.3 Å². The van der Waals surface area contributed by atoms with Crippen molar-refractivity contribution >= 4 is 0 Å². The molecule has 0 amide bonds. The number of methoxy groups -OCH3 is 1. The van der Waals surface area contributed by atoms with Gasteiger partial charge in [0.05, 0.1) is 25.9 Å². The molecule has 0 aliphatic carbocycles. The Kier molecular flexibility index (Phi) is 9.84. The highest BCUT2D eigenvalue weighted by molar-refractivity contribution is 5.15. The zero-order valence-electron chi connectivity index (χ0n) is 20.1. The van der Waals surface area contributed by atoms with Crippen LogP contribution in [0, 0.1) is 0 Å². The van der Waals surface area contributed by atoms with Crippen LogP contribution in [0.25, 0.3) is 0 Å². The number of hydrogen-bond donors (Lipinski definition) is 1. The van der Waals surface area contributed by atoms with E-state index in [0.717, 1.165) is 16.7 Å². The lowest BCUT2D eigenvalue weighted by atomic mass is 9.95. The molecule has 0 spiro atoms. The Bertz CT molecular complexity index is 968. The first-order valence-corrected chi connectivity index (χ1v) is 12.0. The Morgan fingerprint density at radius 3 is 1.49 bits per heavy atom. The molecule has 1 heterocycles. The third-order valence-corrected chi connectivity index (χ3v) is 6.09. The Hall–Kier alpha value is -2.58. The van der Waals surface area contributed by atoms with Crippen LogP contribution < -0.4 is 0 Å². The lowest BCUT2D eigenvalue weighted by Gasteiger charge is -2.45. The van der Waals surface area contributed by atoms with Crippen molar-refractivity contribution < 1.29 is 28.8 Å². The summed E-state index contributed by atoms with van der Waals surface area (Å²) in [6.07, 6.45) is -2.13. The van der Waals surface area contributed by atoms with E-state index < -0.39 is 30.7 Å². The minimum Gasteiger partial charge on any atom is -0.396 e. The van der Waals surface area contributed by atoms with E-state index >= 15 is 0 Å². The van der Waals surface area contributed by atoms with Crippen molar-refractivity contribution in [1.82, 2.24) is 0 Å². The molecule has 0 aromatic heterocycles. The standard InChI is InChI=1S/C29H34O6/c1-31-29-28(34-21-24-15-9-4-10-16-24)27(33-20-23-13-7-3-8-14-23)26(25(35-29)17-18-30)32-19-22-11-5-2-6-12-22/h2-16,25-30H,17-21H2,1H3/t25-,26-,27+,28-,29-/m1/s1. The van der Waals surface area contributed by atoms with E-state index in [0.29, 0.717) is 26.2 Å². The summed E-state index contributed by atoms with van der Waals surface area (Å²) in [6, 6.07) is 30.0. The highest BCUT2D eigenvalue weighted by Gasteiger charge is 2.48. The zero-order valence-corrected chi connectivity index (χ0v) is 20.1. The first-order chi connectivity index (χ1) is 17.3. The van der Waals surface area contributed by atoms with Gasteiger partial charge in [0.25, 0.3) is 0 Å². The van der Waals surface area contributed by atoms with Gasteiger partial charge in [-0.3, -0.25) is 0 Å². The number of aliphatic hydroxyl groups excluding tert-OH is 1. The fourth-order valence-electron chi connectivity index (χ4n) is 4.30. The van der Waals surface area contributed by atoms with Gasteiger partial charge in [0, 0.05) is 13.7 Å². The quantitative estimate of drug-likeness (QED) is 0.414. The molecule has 6 nitrogen and oxygen atoms in total. The zero-order chi connectivity index (χ0) is 24.3. The molecule has 0 unspecified atom stereocenters. The van der Waals surface area contributed by atoms with Crippen LogP contribution in [0.15, 0.2) is 91.0 Å². The maximum atomic E-state index is 9.74. The van der Waals surface area contributed by atoms with Gasteiger partial charge in [-0.15, -0.1) is 0 Å². The Labute approximate surface area is 207 Å². The second-order valence-corrected chi connectivity index (χ2v) is 8.57. The molecular formula is C29H34O6. The molecule has 35 heavy (non-hydrogen) atoms. The average Bonchev–Trinajstić information content (AvgIpc) is 2.92. The average molecular weight is 479 g/mol. The van der Waals surface area contributed by atoms with Crippen molar-refractivity contribution in [3.8, 4) is 0 Å². The van der Waals surface area contributed by atoms with Gasteiger partial charge in [-0.05, 0) is 23.1 Å². The van der Waals surface area contributed by atoms with E-state index in [1.807, 2.05) is 91.0 Å². The first kappa shape index (κ1) is 25.5. The van der Waals surface area contributed by atoms with Gasteiger partial charge in [-0.2, -0.15) is 0 Å². The summed E-state index contributed by atoms with van der Waals surface area (Å²) in [7, 11) is 1.60. The predicted octanol–water partition coefficient (Wildman–Crippen LogP) is 4.50. The molecule has 1 aliphatic heterocycles. The van der Waals surface area contributed by atoms with E-state index in [4.69, 9.17) is 23.7 Å². The van der Waals surface area contributed by atoms with Crippen LogP contribution in [0.5, 0.6) is 0 Å². The minimum absolute atomic E-state index is 0.0345. The fourth-order valence-corrected chi connectivity index (χ4v) is 4.30. The topological polar surface area (TPSA) is 66.4 Å². The van der Waals surface area contributed by atoms with Crippen molar-refractivity contribution in [3.63, 3.8) is 0 Å². The molecule has 1 fully saturated rings. The number of aliphatic hydroxyl groups is 1. The van der Waals surface area contributed by atoms with E-state index in [1.165, 1.54) is 0 Å². The smallest absolute Gasteiger partial charge is 0.186 e. The molecule has 3 aromatic rings. The maximum Gasteiger partial charge on any atom is 0.186 e. The molecule has 0 radical (unpaired) electrons. The largest absolute Gasteiger partial charge is 0.396 e. The third-order valence-electron chi connectivity index (χ3n) is 6.09. The lowest BCUT2D eigenvalue weighted by molar-refractivity contribution is -0.319. The van der Waals surface area contributed by atoms with Crippen molar-refractivity contribution in [2.24, 2.45) is 0 Å². The van der Waals surface area contributed by atoms with Gasteiger partial charge in [-0.1, -0.05) is 91.0 Å². The minimum atomic E-state index is -0.660. The van der Waals surface area contributed by atoms with E-state index in [-0.39, 0.29) is 6.61 Å². The van der Waals surface area contributed by atoms with E-state index in [9.17, 15) is 5.11 Å². The van der Waals surface area contributed by atoms with Crippen LogP contribution in [0.2, 0.25) is 0 Å². The summed E-state index contributed by atoms with van der Waals surface area (Å²) < 4.78 is 31.2. The van der Waals surface area contributed by atoms with E-state index in [1.54, 1.807) is 7.11 Å². The third kappa shape index (κ3) is 7.21. The number of hydrogen-bond acceptors (Lipinski definition) is 6. The Balaban J connectivity index is 1.58. The second-order valence-electron chi connectivity index (χ2n) is 8.57. The van der Waals surface area contributed by atoms with Crippen LogP contribution in [0.1, 0.15) is 23.1 Å². The summed E-state index contributed by atoms with van der Waals surface area (Å²) in [5.41, 5.74) is 3.14. The van der Waals surface area contributed by atoms with Crippen molar-refractivity contribution in [2.45, 2.75) is 56.9 Å². The Morgan fingerprint density at radius 2 is 1.06 bits per heavy atom. The molecule has 1 N–H and O–H groups in total. The van der Waals surface area contributed by atoms with Crippen LogP contribution in [0.4, 0.5) is 0 Å². The summed E-state index contributed by atoms with van der Waals surface area (Å²) >= 11 is 0. The van der Waals surface area contributed by atoms with Crippen LogP contribution in [-0.2, 0) is 43.5 Å². The first-order valence-electron chi connectivity index (χ1n) is 12.0. The SMILES string of the molecule is CO[C@@H]1O[C@H](CCO)[C@@H](OCc2ccccc2)[C@H](OCc2ccccc2)[C@H]1OCc1ccccc1. The van der Waals surface area contributed by atoms with Gasteiger partial charge < -0.3 is 28.8 Å². The maximum absolute atomic E-state index is 9.74. The van der Waals surface area contributed by atoms with Crippen LogP contribution in [0.3, 0.4) is 0 Å². The molecule has 1 aliphatic rings. The molecule has 4 rings (SSSR count). The van der Waals surface area contributed by atoms with Gasteiger partial charge in [0.2, 0.25) is 0 Å². The molecule has 1 saturated heterocycles. The van der Waals surface area contributed by atoms with Crippen LogP contribution >= 0.6 is 0 Å². The van der Waals surface area contributed by atoms with Gasteiger partial charge in [-0.25, -0.2) is 0 Å². The molecule has 5 atom stereocenters. The lowest BCUT2D eigenvalue weighted by Crippen LogP contribution is -2.60. The van der Waals surface area contributed by atoms with Crippen molar-refractivity contribution in [2.75, 3.05) is 13.7 Å².